The molecule has 2 N–H and O–H groups in total. The first-order chi connectivity index (χ1) is 6.00. The van der Waals surface area contributed by atoms with Crippen molar-refractivity contribution >= 4 is 59.1 Å². The third-order valence-electron chi connectivity index (χ3n) is 0. The normalized spacial score (nSPS) is 0.750. The summed E-state index contributed by atoms with van der Waals surface area (Å²) in [4.78, 5) is 0. The Hall–Kier alpha value is -0.581. The second-order valence-electron chi connectivity index (χ2n) is 0. The summed E-state index contributed by atoms with van der Waals surface area (Å²) in [5, 5.41) is 39.0. The molecule has 0 amide bonds. The molecule has 0 aromatic carbocycles. The minimum absolute atomic E-state index is 0. The van der Waals surface area contributed by atoms with E-state index in [0.717, 1.165) is 0 Å². The molecule has 0 aliphatic heterocycles. The van der Waals surface area contributed by atoms with Gasteiger partial charge in [-0.25, -0.2) is 31.6 Å². The third kappa shape index (κ3) is 6140. The summed E-state index contributed by atoms with van der Waals surface area (Å²) >= 11 is 0. The number of nitrogens with zero attached hydrogens (tertiary/aromatic N) is 6. The van der Waals surface area contributed by atoms with Gasteiger partial charge in [-0.15, -0.1) is 0 Å². The summed E-state index contributed by atoms with van der Waals surface area (Å²) in [6.45, 7) is 21.0. The van der Waals surface area contributed by atoms with E-state index in [0.29, 0.717) is 0 Å². The third-order valence-corrected chi connectivity index (χ3v) is 0. The van der Waals surface area contributed by atoms with Crippen LogP contribution in [0.4, 0.5) is 0 Å². The van der Waals surface area contributed by atoms with Crippen molar-refractivity contribution in [3.63, 3.8) is 0 Å². The second-order valence-corrected chi connectivity index (χ2v) is 0. The molecule has 16 heavy (non-hydrogen) atoms. The number of hydrogen-bond donors (Lipinski definition) is 0. The molecule has 0 fully saturated rings. The Morgan fingerprint density at radius 2 is 0.375 bits per heavy atom. The number of rotatable bonds is 0. The second kappa shape index (κ2) is 7710. The van der Waals surface area contributed by atoms with Gasteiger partial charge in [0.15, 0.2) is 0 Å². The van der Waals surface area contributed by atoms with Gasteiger partial charge in [-0.05, 0) is 0 Å². The molecule has 0 aromatic rings. The Kier molecular flexibility index (Phi) is 52600. The fourth-order valence-corrected chi connectivity index (χ4v) is 0. The van der Waals surface area contributed by atoms with Gasteiger partial charge in [0.2, 0.25) is 0 Å². The molecular formula is C6H10FeN6Na2O. The Bertz CT molecular complexity index is 106. The van der Waals surface area contributed by atoms with Crippen LogP contribution in [0.15, 0.2) is 0 Å². The van der Waals surface area contributed by atoms with Crippen LogP contribution in [0.2, 0.25) is 0 Å². The van der Waals surface area contributed by atoms with Crippen molar-refractivity contribution in [1.29, 1.82) is 31.6 Å². The number of hydrogen-bond acceptors (Lipinski definition) is 6. The molecule has 0 saturated heterocycles. The summed E-state index contributed by atoms with van der Waals surface area (Å²) in [6, 6.07) is 0. The summed E-state index contributed by atoms with van der Waals surface area (Å²) in [6.07, 6.45) is 0. The van der Waals surface area contributed by atoms with Crippen molar-refractivity contribution in [2.45, 2.75) is 0 Å². The van der Waals surface area contributed by atoms with Gasteiger partial charge in [0.05, 0.1) is 0 Å². The van der Waals surface area contributed by atoms with E-state index in [9.17, 15) is 0 Å². The van der Waals surface area contributed by atoms with Crippen LogP contribution < -0.4 is 0 Å². The van der Waals surface area contributed by atoms with Crippen LogP contribution in [0, 0.1) is 71.0 Å². The monoisotopic (exact) mass is 284 g/mol. The first-order valence-electron chi connectivity index (χ1n) is 1.55. The molecule has 7 nitrogen and oxygen atoms in total. The minimum atomic E-state index is 0. The van der Waals surface area contributed by atoms with Crippen molar-refractivity contribution in [1.82, 2.24) is 0 Å². The maximum atomic E-state index is 6.50. The van der Waals surface area contributed by atoms with Crippen LogP contribution in [0.3, 0.4) is 0 Å². The average Bonchev–Trinajstić information content (AvgIpc) is 2.33. The van der Waals surface area contributed by atoms with Gasteiger partial charge in [-0.2, -0.15) is 0 Å². The van der Waals surface area contributed by atoms with E-state index in [1.54, 1.807) is 0 Å². The maximum absolute atomic E-state index is 6.50. The van der Waals surface area contributed by atoms with Crippen LogP contribution in [0.1, 0.15) is 0 Å². The van der Waals surface area contributed by atoms with Crippen LogP contribution >= 0.6 is 0 Å². The molecule has 0 aliphatic carbocycles. The zero-order valence-corrected chi connectivity index (χ0v) is 8.11. The van der Waals surface area contributed by atoms with Crippen LogP contribution in [0.25, 0.3) is 0 Å². The standard InChI is InChI=1S/6CHN.Fe.2Na.H2O.2H/c6*1-2;;;;;;/h6*1H;;;;1H2;;. The zero-order valence-electron chi connectivity index (χ0n) is 7.00. The van der Waals surface area contributed by atoms with Crippen molar-refractivity contribution in [2.75, 3.05) is 0 Å². The van der Waals surface area contributed by atoms with Crippen molar-refractivity contribution in [3.05, 3.63) is 0 Å². The van der Waals surface area contributed by atoms with E-state index < -0.39 is 0 Å². The van der Waals surface area contributed by atoms with Gasteiger partial charge in [0.25, 0.3) is 0 Å². The molecule has 0 rings (SSSR count). The Labute approximate surface area is 151 Å². The van der Waals surface area contributed by atoms with E-state index in [2.05, 4.69) is 39.4 Å². The summed E-state index contributed by atoms with van der Waals surface area (Å²) in [5.41, 5.74) is 0. The number of nitriles is 6. The Morgan fingerprint density at radius 3 is 0.375 bits per heavy atom. The van der Waals surface area contributed by atoms with Gasteiger partial charge >= 0.3 is 59.1 Å². The first kappa shape index (κ1) is 109. The van der Waals surface area contributed by atoms with Crippen LogP contribution in [0.5, 0.6) is 0 Å². The van der Waals surface area contributed by atoms with E-state index in [-0.39, 0.29) is 81.7 Å². The molecule has 0 heterocycles. The summed E-state index contributed by atoms with van der Waals surface area (Å²) < 4.78 is 0. The van der Waals surface area contributed by atoms with E-state index in [1.807, 2.05) is 0 Å². The predicted molar refractivity (Wildman–Crippen MR) is 57.9 cm³/mol. The van der Waals surface area contributed by atoms with Crippen molar-refractivity contribution in [3.8, 4) is 39.4 Å². The zero-order chi connectivity index (χ0) is 12.0. The van der Waals surface area contributed by atoms with Crippen molar-refractivity contribution < 1.29 is 22.5 Å². The molecule has 80 valence electrons. The molecular weight excluding hydrogens is 274 g/mol. The molecule has 0 aliphatic rings. The van der Waals surface area contributed by atoms with Crippen molar-refractivity contribution in [2.24, 2.45) is 0 Å². The van der Waals surface area contributed by atoms with Crippen LogP contribution in [-0.4, -0.2) is 64.6 Å². The molecule has 0 spiro atoms. The fourth-order valence-electron chi connectivity index (χ4n) is 0. The molecule has 0 bridgehead atoms. The fraction of sp³-hybridized carbons (Fsp3) is 0. The van der Waals surface area contributed by atoms with Gasteiger partial charge in [0, 0.05) is 56.5 Å². The molecule has 0 unspecified atom stereocenters. The Morgan fingerprint density at radius 1 is 0.375 bits per heavy atom. The molecule has 0 saturated carbocycles. The van der Waals surface area contributed by atoms with Gasteiger partial charge in [0.1, 0.15) is 0 Å². The van der Waals surface area contributed by atoms with E-state index >= 15 is 0 Å². The van der Waals surface area contributed by atoms with Gasteiger partial charge < -0.3 is 5.48 Å². The first-order valence-corrected chi connectivity index (χ1v) is 1.55. The quantitative estimate of drug-likeness (QED) is 0.500. The Balaban J connectivity index is -0.00000000321. The van der Waals surface area contributed by atoms with Crippen LogP contribution in [-0.2, 0) is 17.1 Å². The van der Waals surface area contributed by atoms with E-state index in [1.165, 1.54) is 0 Å². The van der Waals surface area contributed by atoms with Gasteiger partial charge in [-0.3, -0.25) is 0 Å². The predicted octanol–water partition coefficient (Wildman–Crippen LogP) is -1.29. The average molecular weight is 284 g/mol. The topological polar surface area (TPSA) is 174 Å². The summed E-state index contributed by atoms with van der Waals surface area (Å²) in [7, 11) is 0. The van der Waals surface area contributed by atoms with Gasteiger partial charge in [-0.1, -0.05) is 0 Å². The molecule has 0 radical (unpaired) electrons. The van der Waals surface area contributed by atoms with E-state index in [4.69, 9.17) is 31.6 Å². The molecule has 0 atom stereocenters. The SMILES string of the molecule is C#N.C#N.C#N.C#N.C#N.C#N.O.[Fe].[NaH].[NaH]. The molecule has 10 heteroatoms. The molecule has 0 aromatic heterocycles. The summed E-state index contributed by atoms with van der Waals surface area (Å²) in [5.74, 6) is 0.